The first-order valence-electron chi connectivity index (χ1n) is 11.7. The summed E-state index contributed by atoms with van der Waals surface area (Å²) in [4.78, 5) is 25.8. The number of fused-ring (bicyclic) bond motifs is 3. The molecular weight excluding hydrogens is 480 g/mol. The third-order valence-corrected chi connectivity index (χ3v) is 6.17. The molecule has 0 aliphatic carbocycles. The number of aromatic hydroxyl groups is 4. The lowest BCUT2D eigenvalue weighted by Gasteiger charge is -2.27. The molecule has 1 atom stereocenters. The highest BCUT2D eigenvalue weighted by Gasteiger charge is 2.35. The van der Waals surface area contributed by atoms with Gasteiger partial charge in [0.2, 0.25) is 11.2 Å². The number of hydrogen-bond donors (Lipinski definition) is 4. The highest BCUT2D eigenvalue weighted by atomic mass is 16.5. The first kappa shape index (κ1) is 24.1. The smallest absolute Gasteiger partial charge is 0.312 e. The predicted octanol–water partition coefficient (Wildman–Crippen LogP) is 4.76. The Kier molecular flexibility index (Phi) is 5.91. The molecule has 0 amide bonds. The molecule has 190 valence electrons. The minimum atomic E-state index is -0.913. The standard InChI is InChI=1S/C28H24O9/c1-13(2)12-35-20-6-4-3-5-15(20)16-10-22(32)36-21-11-19(31)24-25(33)26(34)27(37-28(24)23(16)21)14-7-8-17(29)18(30)9-14/h3-9,11,13,16,29-31,34H,10,12H2,1-2H3/t16-/m1/s1. The van der Waals surface area contributed by atoms with Crippen LogP contribution in [0.15, 0.2) is 57.7 Å². The van der Waals surface area contributed by atoms with Gasteiger partial charge in [0.15, 0.2) is 17.3 Å². The SMILES string of the molecule is CC(C)COc1ccccc1[C@H]1CC(=O)Oc2cc(O)c3c(=O)c(O)c(-c4ccc(O)c(O)c4)oc3c21. The molecule has 9 nitrogen and oxygen atoms in total. The number of ether oxygens (including phenoxy) is 2. The summed E-state index contributed by atoms with van der Waals surface area (Å²) < 4.78 is 17.5. The van der Waals surface area contributed by atoms with Crippen LogP contribution < -0.4 is 14.9 Å². The Balaban J connectivity index is 1.80. The van der Waals surface area contributed by atoms with Gasteiger partial charge >= 0.3 is 5.97 Å². The molecule has 0 unspecified atom stereocenters. The van der Waals surface area contributed by atoms with E-state index >= 15 is 0 Å². The molecule has 4 N–H and O–H groups in total. The Hall–Kier alpha value is -4.66. The Labute approximate surface area is 210 Å². The lowest BCUT2D eigenvalue weighted by atomic mass is 9.84. The summed E-state index contributed by atoms with van der Waals surface area (Å²) in [5, 5.41) is 40.7. The maximum absolute atomic E-state index is 13.2. The van der Waals surface area contributed by atoms with E-state index in [2.05, 4.69) is 0 Å². The number of carbonyl (C=O) groups is 1. The lowest BCUT2D eigenvalue weighted by molar-refractivity contribution is -0.135. The summed E-state index contributed by atoms with van der Waals surface area (Å²) in [5.74, 6) is -2.89. The summed E-state index contributed by atoms with van der Waals surface area (Å²) in [6.45, 7) is 4.46. The highest BCUT2D eigenvalue weighted by Crippen LogP contribution is 2.48. The molecule has 0 radical (unpaired) electrons. The molecule has 4 aromatic rings. The summed E-state index contributed by atoms with van der Waals surface area (Å²) in [6.07, 6.45) is -0.0884. The number of phenolic OH excluding ortho intramolecular Hbond substituents is 3. The van der Waals surface area contributed by atoms with Crippen LogP contribution in [0.4, 0.5) is 0 Å². The van der Waals surface area contributed by atoms with Crippen molar-refractivity contribution in [2.24, 2.45) is 5.92 Å². The van der Waals surface area contributed by atoms with Gasteiger partial charge in [-0.15, -0.1) is 0 Å². The van der Waals surface area contributed by atoms with Crippen LogP contribution in [-0.4, -0.2) is 33.0 Å². The zero-order valence-electron chi connectivity index (χ0n) is 20.0. The zero-order valence-corrected chi connectivity index (χ0v) is 20.0. The molecule has 0 saturated carbocycles. The van der Waals surface area contributed by atoms with Crippen LogP contribution in [-0.2, 0) is 4.79 Å². The van der Waals surface area contributed by atoms with Crippen molar-refractivity contribution in [2.45, 2.75) is 26.2 Å². The maximum atomic E-state index is 13.2. The lowest BCUT2D eigenvalue weighted by Crippen LogP contribution is -2.22. The van der Waals surface area contributed by atoms with E-state index in [0.717, 1.165) is 12.1 Å². The van der Waals surface area contributed by atoms with Crippen LogP contribution in [0.1, 0.15) is 37.3 Å². The van der Waals surface area contributed by atoms with Gasteiger partial charge < -0.3 is 34.3 Å². The van der Waals surface area contributed by atoms with Gasteiger partial charge in [-0.25, -0.2) is 0 Å². The minimum Gasteiger partial charge on any atom is -0.507 e. The van der Waals surface area contributed by atoms with Gasteiger partial charge in [-0.1, -0.05) is 32.0 Å². The van der Waals surface area contributed by atoms with E-state index in [-0.39, 0.29) is 40.4 Å². The van der Waals surface area contributed by atoms with E-state index in [1.54, 1.807) is 18.2 Å². The second kappa shape index (κ2) is 9.09. The quantitative estimate of drug-likeness (QED) is 0.172. The number of benzene rings is 3. The Morgan fingerprint density at radius 2 is 1.73 bits per heavy atom. The van der Waals surface area contributed by atoms with E-state index in [1.807, 2.05) is 19.9 Å². The van der Waals surface area contributed by atoms with E-state index in [4.69, 9.17) is 13.9 Å². The Morgan fingerprint density at radius 1 is 0.973 bits per heavy atom. The summed E-state index contributed by atoms with van der Waals surface area (Å²) in [6, 6.07) is 12.0. The highest BCUT2D eigenvalue weighted by molar-refractivity contribution is 5.94. The van der Waals surface area contributed by atoms with Gasteiger partial charge in [0.25, 0.3) is 0 Å². The first-order valence-corrected chi connectivity index (χ1v) is 11.7. The van der Waals surface area contributed by atoms with Crippen molar-refractivity contribution in [2.75, 3.05) is 6.61 Å². The van der Waals surface area contributed by atoms with Crippen LogP contribution in [0.2, 0.25) is 0 Å². The molecule has 0 bridgehead atoms. The number of carbonyl (C=O) groups excluding carboxylic acids is 1. The van der Waals surface area contributed by atoms with Crippen LogP contribution in [0, 0.1) is 5.92 Å². The van der Waals surface area contributed by atoms with Gasteiger partial charge in [-0.3, -0.25) is 9.59 Å². The molecule has 0 saturated heterocycles. The topological polar surface area (TPSA) is 147 Å². The normalized spacial score (nSPS) is 15.0. The summed E-state index contributed by atoms with van der Waals surface area (Å²) in [5.41, 5.74) is 0.0940. The number of para-hydroxylation sites is 1. The molecule has 37 heavy (non-hydrogen) atoms. The van der Waals surface area contributed by atoms with Crippen molar-refractivity contribution in [3.63, 3.8) is 0 Å². The zero-order chi connectivity index (χ0) is 26.4. The number of hydrogen-bond acceptors (Lipinski definition) is 9. The Bertz CT molecular complexity index is 1600. The van der Waals surface area contributed by atoms with E-state index in [9.17, 15) is 30.0 Å². The fourth-order valence-electron chi connectivity index (χ4n) is 4.46. The molecule has 5 rings (SSSR count). The van der Waals surface area contributed by atoms with E-state index < -0.39 is 40.3 Å². The van der Waals surface area contributed by atoms with Crippen molar-refractivity contribution >= 4 is 16.9 Å². The van der Waals surface area contributed by atoms with Gasteiger partial charge in [-0.2, -0.15) is 0 Å². The van der Waals surface area contributed by atoms with Gasteiger partial charge in [0.05, 0.1) is 13.0 Å². The second-order valence-corrected chi connectivity index (χ2v) is 9.30. The molecule has 1 aromatic heterocycles. The third-order valence-electron chi connectivity index (χ3n) is 6.17. The molecule has 0 spiro atoms. The average molecular weight is 504 g/mol. The van der Waals surface area contributed by atoms with Crippen LogP contribution in [0.25, 0.3) is 22.3 Å². The third kappa shape index (κ3) is 4.18. The van der Waals surface area contributed by atoms with Crippen molar-refractivity contribution in [1.29, 1.82) is 0 Å². The van der Waals surface area contributed by atoms with Crippen LogP contribution >= 0.6 is 0 Å². The van der Waals surface area contributed by atoms with Crippen molar-refractivity contribution in [3.8, 4) is 45.8 Å². The number of rotatable bonds is 5. The molecule has 9 heteroatoms. The van der Waals surface area contributed by atoms with E-state index in [0.29, 0.717) is 23.5 Å². The molecule has 0 fully saturated rings. The number of esters is 1. The van der Waals surface area contributed by atoms with Gasteiger partial charge in [0, 0.05) is 28.7 Å². The first-order chi connectivity index (χ1) is 17.7. The van der Waals surface area contributed by atoms with Crippen molar-refractivity contribution in [3.05, 3.63) is 69.9 Å². The average Bonchev–Trinajstić information content (AvgIpc) is 2.85. The molecule has 1 aliphatic heterocycles. The van der Waals surface area contributed by atoms with Crippen LogP contribution in [0.5, 0.6) is 34.5 Å². The van der Waals surface area contributed by atoms with Gasteiger partial charge in [0.1, 0.15) is 28.2 Å². The largest absolute Gasteiger partial charge is 0.507 e. The molecular formula is C28H24O9. The summed E-state index contributed by atoms with van der Waals surface area (Å²) in [7, 11) is 0. The second-order valence-electron chi connectivity index (χ2n) is 9.30. The fraction of sp³-hybridized carbons (Fsp3) is 0.214. The molecule has 2 heterocycles. The molecule has 3 aromatic carbocycles. The predicted molar refractivity (Wildman–Crippen MR) is 133 cm³/mol. The van der Waals surface area contributed by atoms with Crippen LogP contribution in [0.3, 0.4) is 0 Å². The van der Waals surface area contributed by atoms with Crippen molar-refractivity contribution < 1.29 is 39.1 Å². The minimum absolute atomic E-state index is 0.0123. The maximum Gasteiger partial charge on any atom is 0.312 e. The van der Waals surface area contributed by atoms with Crippen molar-refractivity contribution in [1.82, 2.24) is 0 Å². The monoisotopic (exact) mass is 504 g/mol. The number of phenols is 3. The fourth-order valence-corrected chi connectivity index (χ4v) is 4.46. The van der Waals surface area contributed by atoms with Gasteiger partial charge in [-0.05, 0) is 30.2 Å². The Morgan fingerprint density at radius 3 is 2.46 bits per heavy atom. The summed E-state index contributed by atoms with van der Waals surface area (Å²) >= 11 is 0. The molecule has 1 aliphatic rings. The van der Waals surface area contributed by atoms with E-state index in [1.165, 1.54) is 12.1 Å².